The fourth-order valence-corrected chi connectivity index (χ4v) is 3.39. The van der Waals surface area contributed by atoms with Gasteiger partial charge in [-0.1, -0.05) is 12.1 Å². The van der Waals surface area contributed by atoms with Crippen LogP contribution in [0.2, 0.25) is 0 Å². The molecule has 172 valence electrons. The summed E-state index contributed by atoms with van der Waals surface area (Å²) in [5.74, 6) is 0.179. The third-order valence-corrected chi connectivity index (χ3v) is 5.06. The number of benzene rings is 2. The Morgan fingerprint density at radius 2 is 1.94 bits per heavy atom. The van der Waals surface area contributed by atoms with E-state index in [9.17, 15) is 14.0 Å². The number of methoxy groups -OCH3 is 1. The minimum atomic E-state index is -0.408. The van der Waals surface area contributed by atoms with Gasteiger partial charge < -0.3 is 19.7 Å². The quantitative estimate of drug-likeness (QED) is 0.619. The summed E-state index contributed by atoms with van der Waals surface area (Å²) < 4.78 is 23.8. The van der Waals surface area contributed by atoms with Crippen LogP contribution in [0.5, 0.6) is 11.5 Å². The maximum atomic E-state index is 13.2. The molecule has 1 fully saturated rings. The zero-order valence-corrected chi connectivity index (χ0v) is 18.3. The zero-order valence-electron chi connectivity index (χ0n) is 18.3. The highest BCUT2D eigenvalue weighted by Gasteiger charge is 2.21. The standard InChI is InChI=1S/C24H25FN4O4/c1-32-22-15-18(5-7-21(22)33-14-9-26)6-8-24(31)29-12-10-28(11-13-29)17-23(30)27-20-4-2-3-19(25)16-20/h2-8,15-16H,10-14,17H2,1H3,(H,27,30). The second kappa shape index (κ2) is 11.6. The van der Waals surface area contributed by atoms with Crippen LogP contribution in [0.25, 0.3) is 6.08 Å². The number of halogens is 1. The van der Waals surface area contributed by atoms with Gasteiger partial charge in [-0.3, -0.25) is 14.5 Å². The lowest BCUT2D eigenvalue weighted by Crippen LogP contribution is -2.50. The summed E-state index contributed by atoms with van der Waals surface area (Å²) in [4.78, 5) is 28.4. The van der Waals surface area contributed by atoms with Crippen molar-refractivity contribution in [3.8, 4) is 17.6 Å². The van der Waals surface area contributed by atoms with Crippen molar-refractivity contribution in [1.29, 1.82) is 5.26 Å². The van der Waals surface area contributed by atoms with Crippen LogP contribution in [0.1, 0.15) is 5.56 Å². The zero-order chi connectivity index (χ0) is 23.6. The van der Waals surface area contributed by atoms with E-state index in [2.05, 4.69) is 5.32 Å². The summed E-state index contributed by atoms with van der Waals surface area (Å²) in [5, 5.41) is 11.3. The maximum absolute atomic E-state index is 13.2. The summed E-state index contributed by atoms with van der Waals surface area (Å²) in [6, 6.07) is 12.8. The van der Waals surface area contributed by atoms with E-state index in [4.69, 9.17) is 14.7 Å². The molecule has 0 unspecified atom stereocenters. The van der Waals surface area contributed by atoms with Crippen molar-refractivity contribution in [3.63, 3.8) is 0 Å². The molecule has 0 bridgehead atoms. The number of ether oxygens (including phenoxy) is 2. The van der Waals surface area contributed by atoms with Gasteiger partial charge in [-0.05, 0) is 42.0 Å². The van der Waals surface area contributed by atoms with Crippen LogP contribution in [0.15, 0.2) is 48.5 Å². The molecule has 1 aliphatic rings. The van der Waals surface area contributed by atoms with Crippen LogP contribution in [0.4, 0.5) is 10.1 Å². The number of nitrogens with zero attached hydrogens (tertiary/aromatic N) is 3. The number of piperazine rings is 1. The Kier molecular flexibility index (Phi) is 8.38. The minimum absolute atomic E-state index is 0.0809. The molecule has 9 heteroatoms. The smallest absolute Gasteiger partial charge is 0.246 e. The SMILES string of the molecule is COc1cc(C=CC(=O)N2CCN(CC(=O)Nc3cccc(F)c3)CC2)ccc1OCC#N. The van der Waals surface area contributed by atoms with Gasteiger partial charge in [0.1, 0.15) is 11.9 Å². The van der Waals surface area contributed by atoms with Crippen molar-refractivity contribution in [3.05, 3.63) is 59.9 Å². The summed E-state index contributed by atoms with van der Waals surface area (Å²) >= 11 is 0. The Morgan fingerprint density at radius 3 is 2.64 bits per heavy atom. The Balaban J connectivity index is 1.47. The second-order valence-electron chi connectivity index (χ2n) is 7.35. The van der Waals surface area contributed by atoms with E-state index in [0.717, 1.165) is 5.56 Å². The largest absolute Gasteiger partial charge is 0.493 e. The lowest BCUT2D eigenvalue weighted by atomic mass is 10.2. The first kappa shape index (κ1) is 23.8. The van der Waals surface area contributed by atoms with Gasteiger partial charge in [-0.15, -0.1) is 0 Å². The van der Waals surface area contributed by atoms with Gasteiger partial charge in [-0.25, -0.2) is 4.39 Å². The fourth-order valence-electron chi connectivity index (χ4n) is 3.39. The molecule has 0 spiro atoms. The van der Waals surface area contributed by atoms with Crippen LogP contribution in [0.3, 0.4) is 0 Å². The van der Waals surface area contributed by atoms with E-state index in [1.807, 2.05) is 11.0 Å². The second-order valence-corrected chi connectivity index (χ2v) is 7.35. The van der Waals surface area contributed by atoms with Crippen LogP contribution >= 0.6 is 0 Å². The van der Waals surface area contributed by atoms with E-state index in [1.165, 1.54) is 31.4 Å². The molecule has 0 radical (unpaired) electrons. The summed E-state index contributed by atoms with van der Waals surface area (Å²) in [6.45, 7) is 2.22. The molecule has 0 aromatic heterocycles. The Morgan fingerprint density at radius 1 is 1.15 bits per heavy atom. The van der Waals surface area contributed by atoms with E-state index in [-0.39, 0.29) is 25.0 Å². The third kappa shape index (κ3) is 7.05. The van der Waals surface area contributed by atoms with Crippen LogP contribution in [-0.2, 0) is 9.59 Å². The molecule has 2 aromatic carbocycles. The van der Waals surface area contributed by atoms with Crippen molar-refractivity contribution in [2.75, 3.05) is 51.8 Å². The topological polar surface area (TPSA) is 94.9 Å². The molecule has 1 saturated heterocycles. The van der Waals surface area contributed by atoms with Crippen LogP contribution in [0, 0.1) is 17.1 Å². The van der Waals surface area contributed by atoms with Crippen molar-refractivity contribution in [2.45, 2.75) is 0 Å². The highest BCUT2D eigenvalue weighted by molar-refractivity contribution is 5.93. The average Bonchev–Trinajstić information content (AvgIpc) is 2.81. The van der Waals surface area contributed by atoms with E-state index >= 15 is 0 Å². The van der Waals surface area contributed by atoms with E-state index in [0.29, 0.717) is 43.4 Å². The molecule has 1 N–H and O–H groups in total. The molecule has 8 nitrogen and oxygen atoms in total. The van der Waals surface area contributed by atoms with Gasteiger partial charge in [0.15, 0.2) is 18.1 Å². The van der Waals surface area contributed by atoms with Crippen molar-refractivity contribution >= 4 is 23.6 Å². The van der Waals surface area contributed by atoms with Gasteiger partial charge >= 0.3 is 0 Å². The van der Waals surface area contributed by atoms with Crippen LogP contribution in [-0.4, -0.2) is 68.1 Å². The van der Waals surface area contributed by atoms with Gasteiger partial charge in [0.25, 0.3) is 0 Å². The van der Waals surface area contributed by atoms with Gasteiger partial charge in [0, 0.05) is 37.9 Å². The molecular weight excluding hydrogens is 427 g/mol. The number of carbonyl (C=O) groups excluding carboxylic acids is 2. The molecule has 3 rings (SSSR count). The number of nitriles is 1. The Hall–Kier alpha value is -3.90. The predicted octanol–water partition coefficient (Wildman–Crippen LogP) is 2.53. The first-order valence-electron chi connectivity index (χ1n) is 10.4. The molecule has 0 saturated carbocycles. The number of hydrogen-bond acceptors (Lipinski definition) is 6. The van der Waals surface area contributed by atoms with Gasteiger partial charge in [0.05, 0.1) is 13.7 Å². The first-order valence-corrected chi connectivity index (χ1v) is 10.4. The van der Waals surface area contributed by atoms with E-state index in [1.54, 1.807) is 35.2 Å². The molecule has 0 aliphatic carbocycles. The minimum Gasteiger partial charge on any atom is -0.493 e. The summed E-state index contributed by atoms with van der Waals surface area (Å²) in [7, 11) is 1.51. The number of carbonyl (C=O) groups is 2. The molecule has 2 amide bonds. The molecule has 2 aromatic rings. The van der Waals surface area contributed by atoms with Crippen molar-refractivity contribution in [2.24, 2.45) is 0 Å². The van der Waals surface area contributed by atoms with E-state index < -0.39 is 5.82 Å². The number of nitrogens with one attached hydrogen (secondary N) is 1. The van der Waals surface area contributed by atoms with Crippen LogP contribution < -0.4 is 14.8 Å². The molecule has 0 atom stereocenters. The number of hydrogen-bond donors (Lipinski definition) is 1. The molecule has 1 heterocycles. The number of rotatable bonds is 8. The number of anilines is 1. The fraction of sp³-hybridized carbons (Fsp3) is 0.292. The Bertz CT molecular complexity index is 1060. The predicted molar refractivity (Wildman–Crippen MR) is 121 cm³/mol. The summed E-state index contributed by atoms with van der Waals surface area (Å²) in [6.07, 6.45) is 3.19. The third-order valence-electron chi connectivity index (χ3n) is 5.06. The molecular formula is C24H25FN4O4. The monoisotopic (exact) mass is 452 g/mol. The van der Waals surface area contributed by atoms with Gasteiger partial charge in [0.2, 0.25) is 11.8 Å². The molecule has 1 aliphatic heterocycles. The lowest BCUT2D eigenvalue weighted by Gasteiger charge is -2.33. The Labute approximate surface area is 191 Å². The normalized spacial score (nSPS) is 14.0. The first-order chi connectivity index (χ1) is 16.0. The molecule has 33 heavy (non-hydrogen) atoms. The maximum Gasteiger partial charge on any atom is 0.246 e. The van der Waals surface area contributed by atoms with Gasteiger partial charge in [-0.2, -0.15) is 5.26 Å². The number of amides is 2. The van der Waals surface area contributed by atoms with Crippen molar-refractivity contribution in [1.82, 2.24) is 9.80 Å². The average molecular weight is 452 g/mol. The van der Waals surface area contributed by atoms with Crippen molar-refractivity contribution < 1.29 is 23.5 Å². The lowest BCUT2D eigenvalue weighted by molar-refractivity contribution is -0.127. The highest BCUT2D eigenvalue weighted by Crippen LogP contribution is 2.28. The summed E-state index contributed by atoms with van der Waals surface area (Å²) in [5.41, 5.74) is 1.18. The highest BCUT2D eigenvalue weighted by atomic mass is 19.1.